The Bertz CT molecular complexity index is 834. The van der Waals surface area contributed by atoms with Gasteiger partial charge < -0.3 is 10.2 Å². The highest BCUT2D eigenvalue weighted by Gasteiger charge is 2.37. The average molecular weight is 306 g/mol. The van der Waals surface area contributed by atoms with E-state index in [0.717, 1.165) is 6.42 Å². The molecule has 0 atom stereocenters. The van der Waals surface area contributed by atoms with Gasteiger partial charge in [0, 0.05) is 5.56 Å². The predicted molar refractivity (Wildman–Crippen MR) is 72.8 cm³/mol. The fraction of sp³-hybridized carbons (Fsp3) is 0.333. The Labute approximate surface area is 122 Å². The molecule has 1 aliphatic rings. The number of benzene rings is 1. The third kappa shape index (κ3) is 1.88. The Morgan fingerprint density at radius 3 is 1.86 bits per heavy atom. The van der Waals surface area contributed by atoms with Crippen molar-refractivity contribution in [2.45, 2.75) is 25.7 Å². The van der Waals surface area contributed by atoms with E-state index >= 15 is 0 Å². The minimum atomic E-state index is -0.902. The molecule has 2 aromatic rings. The lowest BCUT2D eigenvalue weighted by atomic mass is 9.88. The van der Waals surface area contributed by atoms with Crippen LogP contribution in [0.15, 0.2) is 0 Å². The molecular formula is C12H10N4O6. The average Bonchev–Trinajstić information content (AvgIpc) is 2.47. The van der Waals surface area contributed by atoms with Crippen molar-refractivity contribution < 1.29 is 20.1 Å². The van der Waals surface area contributed by atoms with Crippen molar-refractivity contribution in [3.05, 3.63) is 31.4 Å². The SMILES string of the molecule is O=[N+]([O-])c1c2c(c3nc(O)c(O)nc3c1[N+](=O)[O-])CCCC2. The number of fused-ring (bicyclic) bond motifs is 3. The molecule has 0 saturated heterocycles. The highest BCUT2D eigenvalue weighted by atomic mass is 16.6. The summed E-state index contributed by atoms with van der Waals surface area (Å²) in [5.74, 6) is -1.66. The molecule has 10 nitrogen and oxygen atoms in total. The topological polar surface area (TPSA) is 153 Å². The predicted octanol–water partition coefficient (Wildman–Crippen LogP) is 1.74. The van der Waals surface area contributed by atoms with Crippen molar-refractivity contribution in [1.29, 1.82) is 0 Å². The van der Waals surface area contributed by atoms with E-state index in [1.807, 2.05) is 0 Å². The number of rotatable bonds is 2. The molecule has 22 heavy (non-hydrogen) atoms. The van der Waals surface area contributed by atoms with Crippen LogP contribution in [0, 0.1) is 20.2 Å². The maximum Gasteiger partial charge on any atom is 0.374 e. The van der Waals surface area contributed by atoms with Gasteiger partial charge in [-0.2, -0.15) is 4.98 Å². The van der Waals surface area contributed by atoms with Gasteiger partial charge in [0.15, 0.2) is 5.52 Å². The zero-order valence-electron chi connectivity index (χ0n) is 11.1. The number of hydrogen-bond donors (Lipinski definition) is 2. The van der Waals surface area contributed by atoms with Crippen LogP contribution in [0.25, 0.3) is 11.0 Å². The Morgan fingerprint density at radius 1 is 0.818 bits per heavy atom. The molecule has 2 N–H and O–H groups in total. The van der Waals surface area contributed by atoms with Crippen molar-refractivity contribution in [3.8, 4) is 11.8 Å². The minimum Gasteiger partial charge on any atom is -0.489 e. The lowest BCUT2D eigenvalue weighted by Gasteiger charge is -2.17. The molecule has 3 rings (SSSR count). The van der Waals surface area contributed by atoms with Crippen LogP contribution in [0.2, 0.25) is 0 Å². The standard InChI is InChI=1S/C12H10N4O6/c17-11-12(18)14-8-7(13-11)5-3-1-2-4-6(5)9(15(19)20)10(8)16(21)22/h1-4H2,(H,13,17)(H,14,18). The molecule has 0 spiro atoms. The maximum atomic E-state index is 11.3. The summed E-state index contributed by atoms with van der Waals surface area (Å²) in [6.07, 6.45) is 2.20. The number of hydrogen-bond acceptors (Lipinski definition) is 8. The van der Waals surface area contributed by atoms with Gasteiger partial charge in [0.2, 0.25) is 0 Å². The fourth-order valence-corrected chi connectivity index (χ4v) is 2.85. The first-order valence-electron chi connectivity index (χ1n) is 6.48. The summed E-state index contributed by atoms with van der Waals surface area (Å²) >= 11 is 0. The monoisotopic (exact) mass is 306 g/mol. The lowest BCUT2D eigenvalue weighted by Crippen LogP contribution is -2.11. The molecule has 114 valence electrons. The molecule has 0 amide bonds. The quantitative estimate of drug-likeness (QED) is 0.628. The second-order valence-corrected chi connectivity index (χ2v) is 4.94. The van der Waals surface area contributed by atoms with Gasteiger partial charge >= 0.3 is 11.4 Å². The molecule has 1 aromatic heterocycles. The molecule has 0 unspecified atom stereocenters. The van der Waals surface area contributed by atoms with E-state index in [1.165, 1.54) is 0 Å². The van der Waals surface area contributed by atoms with Gasteiger partial charge in [-0.15, -0.1) is 0 Å². The molecule has 1 heterocycles. The van der Waals surface area contributed by atoms with E-state index < -0.39 is 33.0 Å². The van der Waals surface area contributed by atoms with Gasteiger partial charge in [-0.1, -0.05) is 0 Å². The maximum absolute atomic E-state index is 11.3. The zero-order valence-corrected chi connectivity index (χ0v) is 11.1. The number of nitrogens with zero attached hydrogens (tertiary/aromatic N) is 4. The van der Waals surface area contributed by atoms with Crippen LogP contribution in [-0.2, 0) is 12.8 Å². The first kappa shape index (κ1) is 13.9. The van der Waals surface area contributed by atoms with Gasteiger partial charge in [0.05, 0.1) is 9.85 Å². The Hall–Kier alpha value is -3.04. The van der Waals surface area contributed by atoms with E-state index in [9.17, 15) is 30.4 Å². The minimum absolute atomic E-state index is 0.0299. The number of nitro groups is 2. The van der Waals surface area contributed by atoms with Crippen LogP contribution in [0.5, 0.6) is 11.8 Å². The highest BCUT2D eigenvalue weighted by molar-refractivity contribution is 5.94. The Morgan fingerprint density at radius 2 is 1.32 bits per heavy atom. The Kier molecular flexibility index (Phi) is 3.01. The van der Waals surface area contributed by atoms with Crippen LogP contribution < -0.4 is 0 Å². The second kappa shape index (κ2) is 4.76. The molecule has 0 bridgehead atoms. The summed E-state index contributed by atoms with van der Waals surface area (Å²) in [6, 6.07) is 0. The highest BCUT2D eigenvalue weighted by Crippen LogP contribution is 2.44. The first-order valence-corrected chi connectivity index (χ1v) is 6.48. The number of aromatic hydroxyl groups is 2. The molecule has 0 fully saturated rings. The molecule has 1 aliphatic carbocycles. The normalized spacial score (nSPS) is 13.8. The Balaban J connectivity index is 2.56. The molecule has 0 radical (unpaired) electrons. The largest absolute Gasteiger partial charge is 0.489 e. The number of aryl methyl sites for hydroxylation is 1. The van der Waals surface area contributed by atoms with Crippen molar-refractivity contribution >= 4 is 22.4 Å². The first-order chi connectivity index (χ1) is 10.4. The van der Waals surface area contributed by atoms with Gasteiger partial charge in [0.25, 0.3) is 11.8 Å². The number of aromatic nitrogens is 2. The summed E-state index contributed by atoms with van der Waals surface area (Å²) in [5, 5.41) is 41.6. The van der Waals surface area contributed by atoms with E-state index in [-0.39, 0.29) is 16.6 Å². The zero-order chi connectivity index (χ0) is 16.0. The van der Waals surface area contributed by atoms with Gasteiger partial charge in [0.1, 0.15) is 5.52 Å². The van der Waals surface area contributed by atoms with Gasteiger partial charge in [-0.25, -0.2) is 4.98 Å². The van der Waals surface area contributed by atoms with Gasteiger partial charge in [-0.05, 0) is 31.2 Å². The summed E-state index contributed by atoms with van der Waals surface area (Å²) in [7, 11) is 0. The molecule has 0 saturated carbocycles. The second-order valence-electron chi connectivity index (χ2n) is 4.94. The molecule has 1 aromatic carbocycles. The van der Waals surface area contributed by atoms with E-state index in [1.54, 1.807) is 0 Å². The van der Waals surface area contributed by atoms with Crippen LogP contribution >= 0.6 is 0 Å². The number of nitro benzene ring substituents is 2. The molecule has 0 aliphatic heterocycles. The van der Waals surface area contributed by atoms with Crippen molar-refractivity contribution in [2.75, 3.05) is 0 Å². The summed E-state index contributed by atoms with van der Waals surface area (Å²) in [6.45, 7) is 0. The van der Waals surface area contributed by atoms with Gasteiger partial charge in [-0.3, -0.25) is 20.2 Å². The molecule has 10 heteroatoms. The van der Waals surface area contributed by atoms with E-state index in [4.69, 9.17) is 0 Å². The fourth-order valence-electron chi connectivity index (χ4n) is 2.85. The van der Waals surface area contributed by atoms with Crippen molar-refractivity contribution in [2.24, 2.45) is 0 Å². The van der Waals surface area contributed by atoms with Crippen molar-refractivity contribution in [1.82, 2.24) is 9.97 Å². The summed E-state index contributed by atoms with van der Waals surface area (Å²) in [4.78, 5) is 28.2. The van der Waals surface area contributed by atoms with Crippen molar-refractivity contribution in [3.63, 3.8) is 0 Å². The summed E-state index contributed by atoms with van der Waals surface area (Å²) in [5.41, 5.74) is -1.03. The smallest absolute Gasteiger partial charge is 0.374 e. The summed E-state index contributed by atoms with van der Waals surface area (Å²) < 4.78 is 0. The van der Waals surface area contributed by atoms with Crippen LogP contribution in [0.4, 0.5) is 11.4 Å². The van der Waals surface area contributed by atoms with Crippen LogP contribution in [0.3, 0.4) is 0 Å². The van der Waals surface area contributed by atoms with Crippen LogP contribution in [-0.4, -0.2) is 30.0 Å². The third-order valence-corrected chi connectivity index (χ3v) is 3.71. The van der Waals surface area contributed by atoms with E-state index in [2.05, 4.69) is 9.97 Å². The molecular weight excluding hydrogens is 296 g/mol. The van der Waals surface area contributed by atoms with Crippen LogP contribution in [0.1, 0.15) is 24.0 Å². The lowest BCUT2D eigenvalue weighted by molar-refractivity contribution is -0.421. The van der Waals surface area contributed by atoms with E-state index in [0.29, 0.717) is 24.8 Å². The third-order valence-electron chi connectivity index (χ3n) is 3.71.